The van der Waals surface area contributed by atoms with Crippen molar-refractivity contribution < 1.29 is 9.59 Å². The molecule has 0 saturated carbocycles. The Morgan fingerprint density at radius 3 is 2.34 bits per heavy atom. The van der Waals surface area contributed by atoms with E-state index in [0.717, 1.165) is 63.1 Å². The van der Waals surface area contributed by atoms with Gasteiger partial charge in [0.15, 0.2) is 0 Å². The number of carbonyl (C=O) groups is 2. The van der Waals surface area contributed by atoms with Gasteiger partial charge in [-0.25, -0.2) is 0 Å². The molecule has 2 aliphatic heterocycles. The van der Waals surface area contributed by atoms with E-state index in [4.69, 9.17) is 11.6 Å². The zero-order valence-corrected chi connectivity index (χ0v) is 19.5. The van der Waals surface area contributed by atoms with Crippen LogP contribution >= 0.6 is 11.6 Å². The topological polar surface area (TPSA) is 52.7 Å². The predicted octanol–water partition coefficient (Wildman–Crippen LogP) is 5.47. The number of hydrogen-bond acceptors (Lipinski definition) is 3. The zero-order chi connectivity index (χ0) is 22.5. The van der Waals surface area contributed by atoms with E-state index in [2.05, 4.69) is 17.1 Å². The smallest absolute Gasteiger partial charge is 0.256 e. The second kappa shape index (κ2) is 10.4. The number of hydrogen-bond donors (Lipinski definition) is 1. The number of halogens is 1. The van der Waals surface area contributed by atoms with Crippen LogP contribution in [0.1, 0.15) is 60.3 Å². The average Bonchev–Trinajstić information content (AvgIpc) is 2.84. The van der Waals surface area contributed by atoms with Gasteiger partial charge in [0.05, 0.1) is 5.56 Å². The molecule has 32 heavy (non-hydrogen) atoms. The van der Waals surface area contributed by atoms with E-state index in [0.29, 0.717) is 17.2 Å². The minimum Gasteiger partial charge on any atom is -0.371 e. The molecule has 2 fully saturated rings. The van der Waals surface area contributed by atoms with Crippen LogP contribution in [-0.4, -0.2) is 42.9 Å². The fourth-order valence-electron chi connectivity index (χ4n) is 4.56. The molecule has 2 aliphatic rings. The number of anilines is 2. The van der Waals surface area contributed by atoms with Crippen LogP contribution in [0.4, 0.5) is 11.4 Å². The number of likely N-dealkylation sites (tertiary alicyclic amines) is 1. The van der Waals surface area contributed by atoms with Crippen molar-refractivity contribution in [3.63, 3.8) is 0 Å². The van der Waals surface area contributed by atoms with Crippen LogP contribution in [0.5, 0.6) is 0 Å². The first-order valence-corrected chi connectivity index (χ1v) is 12.1. The zero-order valence-electron chi connectivity index (χ0n) is 18.7. The van der Waals surface area contributed by atoms with Gasteiger partial charge in [0.2, 0.25) is 5.91 Å². The summed E-state index contributed by atoms with van der Waals surface area (Å²) < 4.78 is 0. The number of amides is 2. The van der Waals surface area contributed by atoms with E-state index in [-0.39, 0.29) is 11.8 Å². The van der Waals surface area contributed by atoms with Gasteiger partial charge in [-0.1, -0.05) is 37.3 Å². The Morgan fingerprint density at radius 2 is 1.66 bits per heavy atom. The number of benzene rings is 2. The highest BCUT2D eigenvalue weighted by molar-refractivity contribution is 6.32. The van der Waals surface area contributed by atoms with Crippen molar-refractivity contribution in [1.82, 2.24) is 4.90 Å². The maximum Gasteiger partial charge on any atom is 0.256 e. The number of nitrogens with one attached hydrogen (secondary N) is 1. The lowest BCUT2D eigenvalue weighted by Gasteiger charge is -2.35. The number of alkyl halides is 1. The van der Waals surface area contributed by atoms with E-state index in [1.807, 2.05) is 53.4 Å². The van der Waals surface area contributed by atoms with Crippen molar-refractivity contribution in [2.75, 3.05) is 36.4 Å². The standard InChI is InChI=1S/C26H32ClN3O2/c1-19-12-16-29(17-13-19)23-11-10-21(18-22(23)26(32)30-14-6-3-7-15-30)28-25(31)24(27)20-8-4-2-5-9-20/h2,4-5,8-11,18-19,24H,3,6-7,12-17H2,1H3,(H,28,31). The highest BCUT2D eigenvalue weighted by Gasteiger charge is 2.26. The average molecular weight is 454 g/mol. The Bertz CT molecular complexity index is 935. The van der Waals surface area contributed by atoms with Crippen LogP contribution in [0.15, 0.2) is 48.5 Å². The van der Waals surface area contributed by atoms with Gasteiger partial charge in [-0.2, -0.15) is 0 Å². The van der Waals surface area contributed by atoms with Crippen molar-refractivity contribution in [3.8, 4) is 0 Å². The molecule has 1 unspecified atom stereocenters. The maximum atomic E-state index is 13.5. The molecular weight excluding hydrogens is 422 g/mol. The lowest BCUT2D eigenvalue weighted by atomic mass is 9.97. The number of piperidine rings is 2. The minimum atomic E-state index is -0.791. The van der Waals surface area contributed by atoms with Gasteiger partial charge in [-0.15, -0.1) is 11.6 Å². The first-order valence-electron chi connectivity index (χ1n) is 11.7. The Balaban J connectivity index is 1.58. The largest absolute Gasteiger partial charge is 0.371 e. The first kappa shape index (κ1) is 22.7. The van der Waals surface area contributed by atoms with Crippen LogP contribution < -0.4 is 10.2 Å². The van der Waals surface area contributed by atoms with Crippen LogP contribution in [-0.2, 0) is 4.79 Å². The maximum absolute atomic E-state index is 13.5. The predicted molar refractivity (Wildman–Crippen MR) is 130 cm³/mol. The Labute approximate surface area is 195 Å². The Kier molecular flexibility index (Phi) is 7.36. The third-order valence-electron chi connectivity index (χ3n) is 6.58. The van der Waals surface area contributed by atoms with Crippen LogP contribution in [0, 0.1) is 5.92 Å². The minimum absolute atomic E-state index is 0.0555. The molecule has 2 aromatic carbocycles. The summed E-state index contributed by atoms with van der Waals surface area (Å²) in [5.41, 5.74) is 2.99. The fraction of sp³-hybridized carbons (Fsp3) is 0.462. The highest BCUT2D eigenvalue weighted by atomic mass is 35.5. The van der Waals surface area contributed by atoms with Gasteiger partial charge in [-0.05, 0) is 61.8 Å². The number of carbonyl (C=O) groups excluding carboxylic acids is 2. The summed E-state index contributed by atoms with van der Waals surface area (Å²) in [6.45, 7) is 5.77. The van der Waals surface area contributed by atoms with Crippen molar-refractivity contribution in [2.45, 2.75) is 44.4 Å². The lowest BCUT2D eigenvalue weighted by molar-refractivity contribution is -0.116. The quantitative estimate of drug-likeness (QED) is 0.611. The molecule has 170 valence electrons. The van der Waals surface area contributed by atoms with E-state index in [1.165, 1.54) is 6.42 Å². The van der Waals surface area contributed by atoms with E-state index < -0.39 is 5.38 Å². The monoisotopic (exact) mass is 453 g/mol. The fourth-order valence-corrected chi connectivity index (χ4v) is 4.76. The molecule has 0 spiro atoms. The van der Waals surface area contributed by atoms with Gasteiger partial charge in [-0.3, -0.25) is 9.59 Å². The summed E-state index contributed by atoms with van der Waals surface area (Å²) in [6.07, 6.45) is 5.52. The first-order chi connectivity index (χ1) is 15.5. The van der Waals surface area contributed by atoms with Crippen LogP contribution in [0.3, 0.4) is 0 Å². The van der Waals surface area contributed by atoms with Gasteiger partial charge in [0, 0.05) is 37.6 Å². The summed E-state index contributed by atoms with van der Waals surface area (Å²) in [4.78, 5) is 30.5. The molecule has 6 heteroatoms. The van der Waals surface area contributed by atoms with Crippen molar-refractivity contribution >= 4 is 34.8 Å². The molecule has 0 aliphatic carbocycles. The molecule has 2 saturated heterocycles. The second-order valence-corrected chi connectivity index (χ2v) is 9.45. The Hall–Kier alpha value is -2.53. The van der Waals surface area contributed by atoms with Gasteiger partial charge in [0.25, 0.3) is 5.91 Å². The SMILES string of the molecule is CC1CCN(c2ccc(NC(=O)C(Cl)c3ccccc3)cc2C(=O)N2CCCCC2)CC1. The van der Waals surface area contributed by atoms with Crippen molar-refractivity contribution in [1.29, 1.82) is 0 Å². The molecule has 2 amide bonds. The summed E-state index contributed by atoms with van der Waals surface area (Å²) in [7, 11) is 0. The summed E-state index contributed by atoms with van der Waals surface area (Å²) in [5, 5.41) is 2.12. The lowest BCUT2D eigenvalue weighted by Crippen LogP contribution is -2.38. The third-order valence-corrected chi connectivity index (χ3v) is 7.03. The molecule has 5 nitrogen and oxygen atoms in total. The van der Waals surface area contributed by atoms with Crippen LogP contribution in [0.2, 0.25) is 0 Å². The van der Waals surface area contributed by atoms with Gasteiger partial charge in [0.1, 0.15) is 5.38 Å². The number of nitrogens with zero attached hydrogens (tertiary/aromatic N) is 2. The molecular formula is C26H32ClN3O2. The van der Waals surface area contributed by atoms with Gasteiger partial charge < -0.3 is 15.1 Å². The molecule has 1 N–H and O–H groups in total. The molecule has 1 atom stereocenters. The molecule has 4 rings (SSSR count). The van der Waals surface area contributed by atoms with Crippen LogP contribution in [0.25, 0.3) is 0 Å². The number of rotatable bonds is 5. The molecule has 0 aromatic heterocycles. The van der Waals surface area contributed by atoms with E-state index >= 15 is 0 Å². The highest BCUT2D eigenvalue weighted by Crippen LogP contribution is 2.31. The van der Waals surface area contributed by atoms with Crippen molar-refractivity contribution in [3.05, 3.63) is 59.7 Å². The molecule has 2 aromatic rings. The van der Waals surface area contributed by atoms with Gasteiger partial charge >= 0.3 is 0 Å². The normalized spacial score (nSPS) is 18.3. The van der Waals surface area contributed by atoms with E-state index in [1.54, 1.807) is 0 Å². The second-order valence-electron chi connectivity index (χ2n) is 9.02. The molecule has 0 bridgehead atoms. The summed E-state index contributed by atoms with van der Waals surface area (Å²) in [6, 6.07) is 15.0. The summed E-state index contributed by atoms with van der Waals surface area (Å²) >= 11 is 6.40. The third kappa shape index (κ3) is 5.26. The molecule has 2 heterocycles. The van der Waals surface area contributed by atoms with Crippen molar-refractivity contribution in [2.24, 2.45) is 5.92 Å². The Morgan fingerprint density at radius 1 is 0.969 bits per heavy atom. The molecule has 0 radical (unpaired) electrons. The van der Waals surface area contributed by atoms with E-state index in [9.17, 15) is 9.59 Å². The summed E-state index contributed by atoms with van der Waals surface area (Å²) in [5.74, 6) is 0.471.